The van der Waals surface area contributed by atoms with Crippen LogP contribution in [-0.2, 0) is 4.79 Å². The van der Waals surface area contributed by atoms with E-state index in [1.165, 1.54) is 11.8 Å². The summed E-state index contributed by atoms with van der Waals surface area (Å²) < 4.78 is 0. The zero-order valence-electron chi connectivity index (χ0n) is 15.9. The number of fused-ring (bicyclic) bond motifs is 1. The number of hydrogen-bond acceptors (Lipinski definition) is 4. The van der Waals surface area contributed by atoms with Crippen molar-refractivity contribution in [2.24, 2.45) is 4.99 Å². The Morgan fingerprint density at radius 2 is 1.73 bits per heavy atom. The number of para-hydroxylation sites is 1. The van der Waals surface area contributed by atoms with Gasteiger partial charge in [0.2, 0.25) is 0 Å². The number of amidine groups is 1. The minimum absolute atomic E-state index is 0.137. The van der Waals surface area contributed by atoms with Crippen LogP contribution in [-0.4, -0.2) is 16.1 Å². The first-order valence-corrected chi connectivity index (χ1v) is 10.4. The van der Waals surface area contributed by atoms with Crippen molar-refractivity contribution >= 4 is 45.5 Å². The van der Waals surface area contributed by atoms with Crippen LogP contribution in [0.5, 0.6) is 0 Å². The molecular weight excluding hydrogens is 390 g/mol. The van der Waals surface area contributed by atoms with Gasteiger partial charge in [0.05, 0.1) is 16.1 Å². The fourth-order valence-electron chi connectivity index (χ4n) is 3.36. The number of amides is 1. The van der Waals surface area contributed by atoms with Gasteiger partial charge in [-0.1, -0.05) is 60.7 Å². The third-order valence-corrected chi connectivity index (χ3v) is 5.70. The highest BCUT2D eigenvalue weighted by Crippen LogP contribution is 2.33. The summed E-state index contributed by atoms with van der Waals surface area (Å²) in [7, 11) is 0. The van der Waals surface area contributed by atoms with Crippen molar-refractivity contribution < 1.29 is 4.79 Å². The molecule has 1 amide bonds. The molecule has 5 heteroatoms. The highest BCUT2D eigenvalue weighted by molar-refractivity contribution is 8.18. The summed E-state index contributed by atoms with van der Waals surface area (Å²) in [4.78, 5) is 22.2. The number of pyridine rings is 1. The predicted octanol–water partition coefficient (Wildman–Crippen LogP) is 5.79. The largest absolute Gasteiger partial charge is 0.300 e. The molecule has 144 valence electrons. The summed E-state index contributed by atoms with van der Waals surface area (Å²) in [6.45, 7) is 0. The Morgan fingerprint density at radius 3 is 2.63 bits per heavy atom. The molecule has 0 aliphatic carbocycles. The monoisotopic (exact) mass is 407 g/mol. The molecule has 1 aliphatic heterocycles. The molecule has 1 fully saturated rings. The van der Waals surface area contributed by atoms with E-state index in [1.54, 1.807) is 6.20 Å². The molecule has 3 aromatic carbocycles. The molecule has 1 N–H and O–H groups in total. The Hall–Kier alpha value is -3.70. The number of thioether (sulfide) groups is 1. The Labute approximate surface area is 178 Å². The summed E-state index contributed by atoms with van der Waals surface area (Å²) in [6.07, 6.45) is 3.66. The maximum atomic E-state index is 12.5. The summed E-state index contributed by atoms with van der Waals surface area (Å²) in [5.41, 5.74) is 4.83. The van der Waals surface area contributed by atoms with Crippen LogP contribution in [0.25, 0.3) is 28.1 Å². The van der Waals surface area contributed by atoms with Crippen LogP contribution in [0.1, 0.15) is 5.56 Å². The van der Waals surface area contributed by atoms with Crippen LogP contribution in [0.3, 0.4) is 0 Å². The molecule has 0 bridgehead atoms. The van der Waals surface area contributed by atoms with Crippen LogP contribution >= 0.6 is 11.8 Å². The van der Waals surface area contributed by atoms with Gasteiger partial charge in [-0.3, -0.25) is 9.78 Å². The van der Waals surface area contributed by atoms with Gasteiger partial charge in [-0.25, -0.2) is 4.99 Å². The first-order chi connectivity index (χ1) is 14.8. The molecule has 4 nitrogen and oxygen atoms in total. The third kappa shape index (κ3) is 3.75. The minimum Gasteiger partial charge on any atom is -0.300 e. The topological polar surface area (TPSA) is 54.4 Å². The number of benzene rings is 3. The SMILES string of the molecule is O=C1NC(=Nc2ccccc2-c2ccccc2)S/C1=C/c1ccc2ncccc2c1. The first-order valence-electron chi connectivity index (χ1n) is 9.55. The van der Waals surface area contributed by atoms with Crippen LogP contribution in [0, 0.1) is 0 Å². The Balaban J connectivity index is 1.45. The number of nitrogens with zero attached hydrogens (tertiary/aromatic N) is 2. The zero-order valence-corrected chi connectivity index (χ0v) is 16.8. The van der Waals surface area contributed by atoms with E-state index in [0.717, 1.165) is 33.3 Å². The standard InChI is InChI=1S/C25H17N3OS/c29-24-23(16-17-12-13-21-19(15-17)9-6-14-26-21)30-25(28-24)27-22-11-5-4-10-20(22)18-7-2-1-3-8-18/h1-16H,(H,27,28,29)/b23-16+. The van der Waals surface area contributed by atoms with Gasteiger partial charge < -0.3 is 5.32 Å². The van der Waals surface area contributed by atoms with Crippen molar-refractivity contribution in [3.63, 3.8) is 0 Å². The Morgan fingerprint density at radius 1 is 0.900 bits per heavy atom. The van der Waals surface area contributed by atoms with Crippen molar-refractivity contribution in [1.29, 1.82) is 0 Å². The van der Waals surface area contributed by atoms with E-state index in [0.29, 0.717) is 10.1 Å². The molecule has 1 aromatic heterocycles. The lowest BCUT2D eigenvalue weighted by Crippen LogP contribution is -2.19. The van der Waals surface area contributed by atoms with E-state index in [1.807, 2.05) is 78.9 Å². The molecule has 4 aromatic rings. The molecule has 30 heavy (non-hydrogen) atoms. The fourth-order valence-corrected chi connectivity index (χ4v) is 4.19. The van der Waals surface area contributed by atoms with Gasteiger partial charge in [-0.15, -0.1) is 0 Å². The second-order valence-corrected chi connectivity index (χ2v) is 7.85. The van der Waals surface area contributed by atoms with Crippen molar-refractivity contribution in [1.82, 2.24) is 10.3 Å². The maximum absolute atomic E-state index is 12.5. The highest BCUT2D eigenvalue weighted by atomic mass is 32.2. The van der Waals surface area contributed by atoms with Gasteiger partial charge in [-0.05, 0) is 53.2 Å². The number of aromatic nitrogens is 1. The van der Waals surface area contributed by atoms with Crippen LogP contribution in [0.4, 0.5) is 5.69 Å². The van der Waals surface area contributed by atoms with Gasteiger partial charge >= 0.3 is 0 Å². The van der Waals surface area contributed by atoms with Crippen molar-refractivity contribution in [3.8, 4) is 11.1 Å². The highest BCUT2D eigenvalue weighted by Gasteiger charge is 2.24. The van der Waals surface area contributed by atoms with Gasteiger partial charge in [0.25, 0.3) is 5.91 Å². The van der Waals surface area contributed by atoms with E-state index in [2.05, 4.69) is 22.4 Å². The number of rotatable bonds is 3. The van der Waals surface area contributed by atoms with E-state index in [9.17, 15) is 4.79 Å². The lowest BCUT2D eigenvalue weighted by atomic mass is 10.0. The molecule has 1 aliphatic rings. The van der Waals surface area contributed by atoms with Crippen molar-refractivity contribution in [3.05, 3.63) is 102 Å². The van der Waals surface area contributed by atoms with Crippen molar-refractivity contribution in [2.75, 3.05) is 0 Å². The smallest absolute Gasteiger partial charge is 0.264 e. The van der Waals surface area contributed by atoms with Crippen LogP contribution in [0.15, 0.2) is 101 Å². The lowest BCUT2D eigenvalue weighted by Gasteiger charge is -2.06. The summed E-state index contributed by atoms with van der Waals surface area (Å²) in [5.74, 6) is -0.137. The molecule has 1 saturated heterocycles. The molecule has 5 rings (SSSR count). The molecule has 0 radical (unpaired) electrons. The number of hydrogen-bond donors (Lipinski definition) is 1. The van der Waals surface area contributed by atoms with E-state index in [4.69, 9.17) is 4.99 Å². The summed E-state index contributed by atoms with van der Waals surface area (Å²) in [5, 5.41) is 4.51. The Bertz CT molecular complexity index is 1310. The van der Waals surface area contributed by atoms with Crippen molar-refractivity contribution in [2.45, 2.75) is 0 Å². The molecule has 0 spiro atoms. The van der Waals surface area contributed by atoms with Gasteiger partial charge in [0.15, 0.2) is 5.17 Å². The summed E-state index contributed by atoms with van der Waals surface area (Å²) in [6, 6.07) is 27.9. The molecular formula is C25H17N3OS. The minimum atomic E-state index is -0.137. The van der Waals surface area contributed by atoms with Gasteiger partial charge in [0, 0.05) is 17.1 Å². The second kappa shape index (κ2) is 7.97. The molecule has 2 heterocycles. The summed E-state index contributed by atoms with van der Waals surface area (Å²) >= 11 is 1.35. The van der Waals surface area contributed by atoms with E-state index in [-0.39, 0.29) is 5.91 Å². The second-order valence-electron chi connectivity index (χ2n) is 6.82. The zero-order chi connectivity index (χ0) is 20.3. The number of nitrogens with one attached hydrogen (secondary N) is 1. The molecule has 0 atom stereocenters. The Kier molecular flexibility index (Phi) is 4.87. The number of carbonyl (C=O) groups excluding carboxylic acids is 1. The first kappa shape index (κ1) is 18.3. The third-order valence-electron chi connectivity index (χ3n) is 4.79. The van der Waals surface area contributed by atoms with Gasteiger partial charge in [0.1, 0.15) is 0 Å². The van der Waals surface area contributed by atoms with E-state index < -0.39 is 0 Å². The van der Waals surface area contributed by atoms with Crippen LogP contribution < -0.4 is 5.32 Å². The normalized spacial score (nSPS) is 16.3. The van der Waals surface area contributed by atoms with Gasteiger partial charge in [-0.2, -0.15) is 0 Å². The average Bonchev–Trinajstić information content (AvgIpc) is 3.13. The quantitative estimate of drug-likeness (QED) is 0.437. The molecule has 0 saturated carbocycles. The lowest BCUT2D eigenvalue weighted by molar-refractivity contribution is -0.115. The molecule has 0 unspecified atom stereocenters. The predicted molar refractivity (Wildman–Crippen MR) is 124 cm³/mol. The number of carbonyl (C=O) groups is 1. The van der Waals surface area contributed by atoms with E-state index >= 15 is 0 Å². The fraction of sp³-hybridized carbons (Fsp3) is 0. The maximum Gasteiger partial charge on any atom is 0.264 e. The number of aliphatic imine (C=N–C) groups is 1. The average molecular weight is 407 g/mol. The van der Waals surface area contributed by atoms with Crippen LogP contribution in [0.2, 0.25) is 0 Å².